The Balaban J connectivity index is 1.48. The normalized spacial score (nSPS) is 17.1. The summed E-state index contributed by atoms with van der Waals surface area (Å²) in [4.78, 5) is 19.5. The molecule has 2 aromatic heterocycles. The number of nitrogens with one attached hydrogen (secondary N) is 1. The summed E-state index contributed by atoms with van der Waals surface area (Å²) < 4.78 is 12.6. The molecule has 1 aliphatic heterocycles. The topological polar surface area (TPSA) is 71.9 Å². The molecule has 160 valence electrons. The van der Waals surface area contributed by atoms with Crippen LogP contribution in [0, 0.1) is 13.8 Å². The maximum absolute atomic E-state index is 12.5. The van der Waals surface area contributed by atoms with E-state index in [1.54, 1.807) is 11.6 Å². The second-order valence-corrected chi connectivity index (χ2v) is 8.04. The van der Waals surface area contributed by atoms with E-state index in [9.17, 15) is 4.79 Å². The van der Waals surface area contributed by atoms with E-state index >= 15 is 0 Å². The van der Waals surface area contributed by atoms with E-state index in [2.05, 4.69) is 27.1 Å². The van der Waals surface area contributed by atoms with E-state index in [0.717, 1.165) is 48.8 Å². The Hall–Kier alpha value is -2.64. The smallest absolute Gasteiger partial charge is 0.275 e. The van der Waals surface area contributed by atoms with Gasteiger partial charge in [-0.05, 0) is 51.4 Å². The van der Waals surface area contributed by atoms with Crippen LogP contribution in [0.3, 0.4) is 0 Å². The fourth-order valence-corrected chi connectivity index (χ4v) is 4.19. The third-order valence-electron chi connectivity index (χ3n) is 6.03. The first-order chi connectivity index (χ1) is 14.5. The number of nitrogens with zero attached hydrogens (tertiary/aromatic N) is 3. The predicted molar refractivity (Wildman–Crippen MR) is 116 cm³/mol. The molecule has 4 rings (SSSR count). The second kappa shape index (κ2) is 8.62. The van der Waals surface area contributed by atoms with E-state index in [-0.39, 0.29) is 5.56 Å². The molecule has 1 aromatic carbocycles. The van der Waals surface area contributed by atoms with Gasteiger partial charge in [0, 0.05) is 54.2 Å². The highest BCUT2D eigenvalue weighted by Crippen LogP contribution is 2.29. The first-order valence-electron chi connectivity index (χ1n) is 10.5. The third kappa shape index (κ3) is 4.00. The summed E-state index contributed by atoms with van der Waals surface area (Å²) in [7, 11) is 1.69. The zero-order valence-corrected chi connectivity index (χ0v) is 18.2. The lowest BCUT2D eigenvalue weighted by molar-refractivity contribution is 0.132. The number of hydrogen-bond acceptors (Lipinski definition) is 5. The van der Waals surface area contributed by atoms with Crippen molar-refractivity contribution < 1.29 is 9.47 Å². The van der Waals surface area contributed by atoms with Crippen molar-refractivity contribution in [3.05, 3.63) is 62.7 Å². The number of benzene rings is 1. The van der Waals surface area contributed by atoms with Crippen LogP contribution in [0.2, 0.25) is 0 Å². The number of rotatable bonds is 7. The maximum Gasteiger partial charge on any atom is 0.275 e. The van der Waals surface area contributed by atoms with Crippen molar-refractivity contribution in [2.45, 2.75) is 46.3 Å². The largest absolute Gasteiger partial charge is 0.496 e. The molecule has 0 radical (unpaired) electrons. The van der Waals surface area contributed by atoms with Crippen molar-refractivity contribution in [3.8, 4) is 5.75 Å². The molecule has 1 fully saturated rings. The lowest BCUT2D eigenvalue weighted by Crippen LogP contribution is -2.20. The van der Waals surface area contributed by atoms with Gasteiger partial charge in [0.1, 0.15) is 5.75 Å². The minimum absolute atomic E-state index is 0.0151. The van der Waals surface area contributed by atoms with Gasteiger partial charge in [0.25, 0.3) is 5.56 Å². The fraction of sp³-hybridized carbons (Fsp3) is 0.478. The Morgan fingerprint density at radius 2 is 2.10 bits per heavy atom. The number of hydrogen-bond donors (Lipinski definition) is 1. The molecule has 3 aromatic rings. The van der Waals surface area contributed by atoms with Gasteiger partial charge in [-0.3, -0.25) is 14.8 Å². The molecule has 0 saturated carbocycles. The number of H-pyrrole nitrogens is 1. The van der Waals surface area contributed by atoms with Crippen LogP contribution in [0.1, 0.15) is 47.3 Å². The quantitative estimate of drug-likeness (QED) is 0.648. The molecule has 0 spiro atoms. The number of likely N-dealkylation sites (tertiary alicyclic amines) is 1. The van der Waals surface area contributed by atoms with Gasteiger partial charge in [-0.25, -0.2) is 9.50 Å². The molecule has 0 aliphatic carbocycles. The zero-order valence-electron chi connectivity index (χ0n) is 18.2. The second-order valence-electron chi connectivity index (χ2n) is 8.04. The molecule has 0 amide bonds. The molecule has 1 atom stereocenters. The lowest BCUT2D eigenvalue weighted by atomic mass is 10.1. The van der Waals surface area contributed by atoms with Crippen molar-refractivity contribution in [3.63, 3.8) is 0 Å². The minimum atomic E-state index is -0.0151. The molecular weight excluding hydrogens is 380 g/mol. The number of aromatic nitrogens is 3. The predicted octanol–water partition coefficient (Wildman–Crippen LogP) is 3.17. The molecular formula is C23H30N4O3. The molecule has 1 N–H and O–H groups in total. The van der Waals surface area contributed by atoms with E-state index in [0.29, 0.717) is 30.3 Å². The SMILES string of the molecule is CCOCc1cc(CN2CCC(c3cc4nc(C)c(C)c(=O)n4[nH]3)C2)ccc1OC. The average molecular weight is 411 g/mol. The van der Waals surface area contributed by atoms with E-state index in [1.165, 1.54) is 5.56 Å². The average Bonchev–Trinajstić information content (AvgIpc) is 3.38. The van der Waals surface area contributed by atoms with Crippen LogP contribution < -0.4 is 10.3 Å². The Morgan fingerprint density at radius 1 is 1.27 bits per heavy atom. The maximum atomic E-state index is 12.5. The monoisotopic (exact) mass is 410 g/mol. The van der Waals surface area contributed by atoms with Gasteiger partial charge < -0.3 is 9.47 Å². The number of fused-ring (bicyclic) bond motifs is 1. The van der Waals surface area contributed by atoms with E-state index in [1.807, 2.05) is 32.9 Å². The molecule has 0 bridgehead atoms. The lowest BCUT2D eigenvalue weighted by Gasteiger charge is -2.17. The number of ether oxygens (including phenoxy) is 2. The summed E-state index contributed by atoms with van der Waals surface area (Å²) in [6, 6.07) is 8.35. The summed E-state index contributed by atoms with van der Waals surface area (Å²) in [5, 5.41) is 3.29. The highest BCUT2D eigenvalue weighted by molar-refractivity contribution is 5.42. The molecule has 3 heterocycles. The molecule has 7 heteroatoms. The van der Waals surface area contributed by atoms with Crippen molar-refractivity contribution in [2.75, 3.05) is 26.8 Å². The van der Waals surface area contributed by atoms with Gasteiger partial charge >= 0.3 is 0 Å². The first kappa shape index (κ1) is 20.6. The van der Waals surface area contributed by atoms with E-state index < -0.39 is 0 Å². The highest BCUT2D eigenvalue weighted by atomic mass is 16.5. The third-order valence-corrected chi connectivity index (χ3v) is 6.03. The summed E-state index contributed by atoms with van der Waals surface area (Å²) >= 11 is 0. The van der Waals surface area contributed by atoms with Crippen molar-refractivity contribution in [1.29, 1.82) is 0 Å². The molecule has 1 aliphatic rings. The zero-order chi connectivity index (χ0) is 21.3. The van der Waals surface area contributed by atoms with E-state index in [4.69, 9.17) is 9.47 Å². The standard InChI is InChI=1S/C23H30N4O3/c1-5-30-14-19-10-17(6-7-21(19)29-4)12-26-9-8-18(13-26)20-11-22-24-16(3)15(2)23(28)27(22)25-20/h6-7,10-11,18,25H,5,8-9,12-14H2,1-4H3. The van der Waals surface area contributed by atoms with Crippen LogP contribution in [0.15, 0.2) is 29.1 Å². The summed E-state index contributed by atoms with van der Waals surface area (Å²) in [5.41, 5.74) is 5.59. The van der Waals surface area contributed by atoms with Gasteiger partial charge in [-0.15, -0.1) is 0 Å². The highest BCUT2D eigenvalue weighted by Gasteiger charge is 2.26. The van der Waals surface area contributed by atoms with Crippen LogP contribution in [0.25, 0.3) is 5.65 Å². The van der Waals surface area contributed by atoms with Crippen molar-refractivity contribution >= 4 is 5.65 Å². The van der Waals surface area contributed by atoms with Gasteiger partial charge in [0.05, 0.1) is 13.7 Å². The number of aromatic amines is 1. The Bertz CT molecular complexity index is 1100. The Kier molecular flexibility index (Phi) is 5.92. The van der Waals surface area contributed by atoms with Gasteiger partial charge in [0.2, 0.25) is 0 Å². The summed E-state index contributed by atoms with van der Waals surface area (Å²) in [6.07, 6.45) is 1.06. The van der Waals surface area contributed by atoms with Gasteiger partial charge in [0.15, 0.2) is 5.65 Å². The summed E-state index contributed by atoms with van der Waals surface area (Å²) in [6.45, 7) is 9.81. The summed E-state index contributed by atoms with van der Waals surface area (Å²) in [5.74, 6) is 1.24. The van der Waals surface area contributed by atoms with Crippen molar-refractivity contribution in [1.82, 2.24) is 19.5 Å². The fourth-order valence-electron chi connectivity index (χ4n) is 4.19. The molecule has 1 saturated heterocycles. The van der Waals surface area contributed by atoms with Gasteiger partial charge in [-0.1, -0.05) is 6.07 Å². The van der Waals surface area contributed by atoms with Crippen molar-refractivity contribution in [2.24, 2.45) is 0 Å². The molecule has 1 unspecified atom stereocenters. The Labute approximate surface area is 176 Å². The molecule has 30 heavy (non-hydrogen) atoms. The number of methoxy groups -OCH3 is 1. The number of aryl methyl sites for hydroxylation is 1. The van der Waals surface area contributed by atoms with Crippen LogP contribution in [-0.2, 0) is 17.9 Å². The van der Waals surface area contributed by atoms with Crippen LogP contribution in [0.5, 0.6) is 5.75 Å². The van der Waals surface area contributed by atoms with Crippen LogP contribution in [-0.4, -0.2) is 46.3 Å². The minimum Gasteiger partial charge on any atom is -0.496 e. The molecule has 7 nitrogen and oxygen atoms in total. The van der Waals surface area contributed by atoms with Crippen LogP contribution >= 0.6 is 0 Å². The first-order valence-corrected chi connectivity index (χ1v) is 10.5. The Morgan fingerprint density at radius 3 is 2.87 bits per heavy atom. The van der Waals surface area contributed by atoms with Gasteiger partial charge in [-0.2, -0.15) is 0 Å². The van der Waals surface area contributed by atoms with Crippen LogP contribution in [0.4, 0.5) is 0 Å².